The van der Waals surface area contributed by atoms with Gasteiger partial charge in [-0.3, -0.25) is 0 Å². The van der Waals surface area contributed by atoms with Gasteiger partial charge in [0.15, 0.2) is 10.9 Å². The Hall–Kier alpha value is -1.00. The van der Waals surface area contributed by atoms with E-state index in [-0.39, 0.29) is 0 Å². The van der Waals surface area contributed by atoms with E-state index in [9.17, 15) is 0 Å². The van der Waals surface area contributed by atoms with Crippen molar-refractivity contribution < 1.29 is 4.68 Å². The number of aromatic nitrogens is 2. The molecular formula is C9H9N2S2+. The highest BCUT2D eigenvalue weighted by atomic mass is 32.2. The topological polar surface area (TPSA) is 19.7 Å². The van der Waals surface area contributed by atoms with Gasteiger partial charge in [0.2, 0.25) is 0 Å². The highest BCUT2D eigenvalue weighted by Crippen LogP contribution is 2.17. The van der Waals surface area contributed by atoms with Crippen molar-refractivity contribution in [2.75, 3.05) is 0 Å². The number of aryl methyl sites for hydroxylation is 1. The lowest BCUT2D eigenvalue weighted by Crippen LogP contribution is -2.31. The van der Waals surface area contributed by atoms with Crippen molar-refractivity contribution >= 4 is 23.8 Å². The minimum absolute atomic E-state index is 0.897. The second-order valence-electron chi connectivity index (χ2n) is 2.75. The number of H-pyrrole nitrogens is 1. The molecule has 4 heteroatoms. The molecule has 66 valence electrons. The Balaban J connectivity index is 2.65. The Kier molecular flexibility index (Phi) is 2.24. The van der Waals surface area contributed by atoms with Crippen LogP contribution in [0.15, 0.2) is 30.3 Å². The van der Waals surface area contributed by atoms with Crippen molar-refractivity contribution in [2.45, 2.75) is 0 Å². The molecule has 1 aromatic carbocycles. The van der Waals surface area contributed by atoms with E-state index in [2.05, 4.69) is 16.6 Å². The van der Waals surface area contributed by atoms with Crippen molar-refractivity contribution in [3.8, 4) is 11.3 Å². The van der Waals surface area contributed by atoms with Gasteiger partial charge in [-0.1, -0.05) is 30.4 Å². The lowest BCUT2D eigenvalue weighted by Gasteiger charge is -1.91. The highest BCUT2D eigenvalue weighted by Gasteiger charge is 2.13. The molecule has 0 fully saturated rings. The van der Waals surface area contributed by atoms with Gasteiger partial charge >= 0.3 is 0 Å². The Morgan fingerprint density at radius 3 is 2.54 bits per heavy atom. The first kappa shape index (κ1) is 8.59. The zero-order chi connectivity index (χ0) is 9.26. The first-order chi connectivity index (χ1) is 6.29. The summed E-state index contributed by atoms with van der Waals surface area (Å²) in [7, 11) is 1.97. The second-order valence-corrected chi connectivity index (χ2v) is 4.22. The fraction of sp³-hybridized carbons (Fsp3) is 0.111. The normalized spacial score (nSPS) is 10.2. The fourth-order valence-corrected chi connectivity index (χ4v) is 2.28. The third-order valence-corrected chi connectivity index (χ3v) is 3.04. The minimum Gasteiger partial charge on any atom is -0.115 e. The molecule has 0 radical (unpaired) electrons. The Bertz CT molecular complexity index is 456. The standard InChI is InChI=1S/C9H8N2S2/c1-11-8(9(12)13-10-11)7-5-3-2-4-6-7/h2-6H,1H3/p+1. The number of rotatable bonds is 1. The number of nitrogens with zero attached hydrogens (tertiary/aromatic N) is 1. The molecule has 1 N–H and O–H groups in total. The van der Waals surface area contributed by atoms with Crippen LogP contribution in [0.2, 0.25) is 0 Å². The summed E-state index contributed by atoms with van der Waals surface area (Å²) in [6.07, 6.45) is 0. The Labute approximate surface area is 85.6 Å². The van der Waals surface area contributed by atoms with Gasteiger partial charge in [0, 0.05) is 11.5 Å². The van der Waals surface area contributed by atoms with Gasteiger partial charge in [-0.15, -0.1) is 9.17 Å². The van der Waals surface area contributed by atoms with Gasteiger partial charge in [0.25, 0.3) is 5.69 Å². The van der Waals surface area contributed by atoms with Crippen LogP contribution in [-0.2, 0) is 7.05 Å². The molecule has 0 amide bonds. The zero-order valence-electron chi connectivity index (χ0n) is 7.15. The molecule has 0 aliphatic heterocycles. The minimum atomic E-state index is 0.897. The summed E-state index contributed by atoms with van der Waals surface area (Å²) in [4.78, 5) is 0. The summed E-state index contributed by atoms with van der Waals surface area (Å²) in [5.74, 6) is 0. The molecule has 1 heterocycles. The van der Waals surface area contributed by atoms with Crippen LogP contribution in [0.25, 0.3) is 11.3 Å². The molecule has 2 rings (SSSR count). The van der Waals surface area contributed by atoms with Gasteiger partial charge < -0.3 is 0 Å². The maximum absolute atomic E-state index is 5.22. The molecule has 2 aromatic rings. The molecule has 0 spiro atoms. The van der Waals surface area contributed by atoms with Crippen molar-refractivity contribution in [1.29, 1.82) is 0 Å². The summed E-state index contributed by atoms with van der Waals surface area (Å²) in [6.45, 7) is 0. The quantitative estimate of drug-likeness (QED) is 0.564. The number of hydrogen-bond donors (Lipinski definition) is 1. The lowest BCUT2D eigenvalue weighted by molar-refractivity contribution is -0.712. The summed E-state index contributed by atoms with van der Waals surface area (Å²) >= 11 is 6.70. The van der Waals surface area contributed by atoms with Crippen LogP contribution >= 0.6 is 23.8 Å². The molecule has 0 bridgehead atoms. The molecule has 0 unspecified atom stereocenters. The summed E-state index contributed by atoms with van der Waals surface area (Å²) < 4.78 is 5.93. The van der Waals surface area contributed by atoms with Gasteiger partial charge in [-0.05, 0) is 12.1 Å². The molecule has 13 heavy (non-hydrogen) atoms. The van der Waals surface area contributed by atoms with Crippen LogP contribution in [0, 0.1) is 3.82 Å². The second kappa shape index (κ2) is 3.40. The van der Waals surface area contributed by atoms with Crippen LogP contribution in [0.4, 0.5) is 0 Å². The molecule has 0 aliphatic carbocycles. The number of benzene rings is 1. The van der Waals surface area contributed by atoms with E-state index in [4.69, 9.17) is 12.2 Å². The molecule has 0 atom stereocenters. The average molecular weight is 209 g/mol. The van der Waals surface area contributed by atoms with Gasteiger partial charge in [-0.25, -0.2) is 0 Å². The maximum Gasteiger partial charge on any atom is 0.266 e. The molecule has 1 aromatic heterocycles. The van der Waals surface area contributed by atoms with Crippen molar-refractivity contribution in [2.24, 2.45) is 7.05 Å². The fourth-order valence-electron chi connectivity index (χ4n) is 1.25. The van der Waals surface area contributed by atoms with Gasteiger partial charge in [0.1, 0.15) is 0 Å². The van der Waals surface area contributed by atoms with E-state index in [0.29, 0.717) is 0 Å². The summed E-state index contributed by atoms with van der Waals surface area (Å²) in [6, 6.07) is 10.2. The third-order valence-electron chi connectivity index (χ3n) is 1.85. The molecule has 2 nitrogen and oxygen atoms in total. The molecule has 0 saturated heterocycles. The van der Waals surface area contributed by atoms with Crippen LogP contribution in [-0.4, -0.2) is 4.49 Å². The van der Waals surface area contributed by atoms with Gasteiger partial charge in [0.05, 0.1) is 5.56 Å². The molecular weight excluding hydrogens is 200 g/mol. The van der Waals surface area contributed by atoms with E-state index >= 15 is 0 Å². The smallest absolute Gasteiger partial charge is 0.115 e. The van der Waals surface area contributed by atoms with Crippen LogP contribution in [0.5, 0.6) is 0 Å². The Morgan fingerprint density at radius 1 is 1.31 bits per heavy atom. The largest absolute Gasteiger partial charge is 0.266 e. The van der Waals surface area contributed by atoms with E-state index in [1.54, 1.807) is 0 Å². The number of hydrogen-bond acceptors (Lipinski definition) is 2. The van der Waals surface area contributed by atoms with E-state index in [0.717, 1.165) is 15.1 Å². The van der Waals surface area contributed by atoms with Crippen LogP contribution in [0.1, 0.15) is 0 Å². The van der Waals surface area contributed by atoms with Crippen molar-refractivity contribution in [3.05, 3.63) is 34.2 Å². The predicted molar refractivity (Wildman–Crippen MR) is 56.1 cm³/mol. The molecule has 0 saturated carbocycles. The monoisotopic (exact) mass is 209 g/mol. The molecule has 0 aliphatic rings. The summed E-state index contributed by atoms with van der Waals surface area (Å²) in [5.41, 5.74) is 2.24. The van der Waals surface area contributed by atoms with Crippen molar-refractivity contribution in [1.82, 2.24) is 4.49 Å². The lowest BCUT2D eigenvalue weighted by atomic mass is 10.2. The zero-order valence-corrected chi connectivity index (χ0v) is 8.78. The maximum atomic E-state index is 5.22. The SMILES string of the molecule is C[n+]1[nH]sc(=S)c1-c1ccccc1. The first-order valence-electron chi connectivity index (χ1n) is 3.92. The van der Waals surface area contributed by atoms with Crippen LogP contribution in [0.3, 0.4) is 0 Å². The number of aromatic amines is 1. The third kappa shape index (κ3) is 1.55. The predicted octanol–water partition coefficient (Wildman–Crippen LogP) is 2.30. The highest BCUT2D eigenvalue weighted by molar-refractivity contribution is 7.73. The average Bonchev–Trinajstić information content (AvgIpc) is 2.48. The van der Waals surface area contributed by atoms with E-state index < -0.39 is 0 Å². The van der Waals surface area contributed by atoms with E-state index in [1.807, 2.05) is 29.9 Å². The van der Waals surface area contributed by atoms with Gasteiger partial charge in [-0.2, -0.15) is 0 Å². The van der Waals surface area contributed by atoms with Crippen LogP contribution < -0.4 is 4.68 Å². The number of nitrogens with one attached hydrogen (secondary N) is 1. The van der Waals surface area contributed by atoms with E-state index in [1.165, 1.54) is 11.5 Å². The van der Waals surface area contributed by atoms with Crippen molar-refractivity contribution in [3.63, 3.8) is 0 Å². The first-order valence-corrected chi connectivity index (χ1v) is 5.14. The summed E-state index contributed by atoms with van der Waals surface area (Å²) in [5, 5.41) is 0. The Morgan fingerprint density at radius 2 is 2.00 bits per heavy atom.